The SMILES string of the molecule is COc1ccc(CN([C@H]2CC[C@@]3(C2)c2nc(co2)COc2c(F)cccc2-c2cc(ccc2F)C3F)S(C)(=O)=O)cc1. The predicted octanol–water partition coefficient (Wildman–Crippen LogP) is 6.48. The van der Waals surface area contributed by atoms with E-state index in [1.807, 2.05) is 0 Å². The molecule has 1 aromatic heterocycles. The molecule has 0 radical (unpaired) electrons. The van der Waals surface area contributed by atoms with E-state index in [-0.39, 0.29) is 54.3 Å². The number of nitrogens with zero attached hydrogens (tertiary/aromatic N) is 2. The number of alkyl halides is 1. The molecule has 0 saturated heterocycles. The largest absolute Gasteiger partial charge is 0.497 e. The van der Waals surface area contributed by atoms with E-state index in [9.17, 15) is 12.8 Å². The second-order valence-electron chi connectivity index (χ2n) is 10.9. The Kier molecular flexibility index (Phi) is 7.26. The van der Waals surface area contributed by atoms with Gasteiger partial charge in [0, 0.05) is 23.7 Å². The van der Waals surface area contributed by atoms with E-state index in [4.69, 9.17) is 13.9 Å². The molecule has 3 atom stereocenters. The van der Waals surface area contributed by atoms with Crippen LogP contribution < -0.4 is 9.47 Å². The van der Waals surface area contributed by atoms with Crippen molar-refractivity contribution in [3.05, 3.63) is 101 Å². The first-order chi connectivity index (χ1) is 20.1. The summed E-state index contributed by atoms with van der Waals surface area (Å²) in [5.74, 6) is -0.787. The quantitative estimate of drug-likeness (QED) is 0.262. The number of benzene rings is 3. The Balaban J connectivity index is 1.42. The van der Waals surface area contributed by atoms with Gasteiger partial charge in [-0.2, -0.15) is 4.31 Å². The second kappa shape index (κ2) is 10.8. The molecule has 7 nitrogen and oxygen atoms in total. The van der Waals surface area contributed by atoms with Crippen LogP contribution in [0.5, 0.6) is 11.5 Å². The highest BCUT2D eigenvalue weighted by atomic mass is 32.2. The molecular weight excluding hydrogens is 569 g/mol. The zero-order valence-electron chi connectivity index (χ0n) is 23.0. The van der Waals surface area contributed by atoms with Gasteiger partial charge >= 0.3 is 0 Å². The summed E-state index contributed by atoms with van der Waals surface area (Å²) < 4.78 is 91.1. The highest BCUT2D eigenvalue weighted by molar-refractivity contribution is 7.88. The maximum absolute atomic E-state index is 16.9. The first-order valence-corrected chi connectivity index (χ1v) is 15.3. The molecule has 2 aliphatic rings. The summed E-state index contributed by atoms with van der Waals surface area (Å²) in [6.45, 7) is -0.101. The molecule has 6 rings (SSSR count). The minimum absolute atomic E-state index is 0.00336. The summed E-state index contributed by atoms with van der Waals surface area (Å²) in [6, 6.07) is 14.5. The van der Waals surface area contributed by atoms with Gasteiger partial charge in [0.1, 0.15) is 36.3 Å². The molecule has 2 heterocycles. The lowest BCUT2D eigenvalue weighted by Crippen LogP contribution is -2.40. The lowest BCUT2D eigenvalue weighted by molar-refractivity contribution is 0.147. The first-order valence-electron chi connectivity index (χ1n) is 13.5. The maximum atomic E-state index is 16.9. The number of ether oxygens (including phenoxy) is 2. The lowest BCUT2D eigenvalue weighted by Gasteiger charge is -2.32. The number of rotatable bonds is 5. The van der Waals surface area contributed by atoms with Gasteiger partial charge in [-0.15, -0.1) is 0 Å². The number of aromatic nitrogens is 1. The molecule has 1 saturated carbocycles. The van der Waals surface area contributed by atoms with Crippen molar-refractivity contribution >= 4 is 10.0 Å². The third kappa shape index (κ3) is 5.05. The summed E-state index contributed by atoms with van der Waals surface area (Å²) in [7, 11) is -2.16. The summed E-state index contributed by atoms with van der Waals surface area (Å²) in [5.41, 5.74) is -0.00319. The Bertz CT molecular complexity index is 1730. The molecule has 1 aliphatic heterocycles. The highest BCUT2D eigenvalue weighted by Gasteiger charge is 2.53. The second-order valence-corrected chi connectivity index (χ2v) is 12.8. The monoisotopic (exact) mass is 598 g/mol. The number of hydrogen-bond acceptors (Lipinski definition) is 6. The fourth-order valence-electron chi connectivity index (χ4n) is 6.10. The number of para-hydroxylation sites is 1. The molecule has 220 valence electrons. The number of hydrogen-bond donors (Lipinski definition) is 0. The molecule has 1 unspecified atom stereocenters. The van der Waals surface area contributed by atoms with Gasteiger partial charge in [-0.25, -0.2) is 26.6 Å². The van der Waals surface area contributed by atoms with Crippen LogP contribution in [0.2, 0.25) is 0 Å². The Hall–Kier alpha value is -3.83. The van der Waals surface area contributed by atoms with E-state index in [0.29, 0.717) is 17.9 Å². The van der Waals surface area contributed by atoms with Gasteiger partial charge in [0.2, 0.25) is 15.9 Å². The number of oxazole rings is 1. The first kappa shape index (κ1) is 28.3. The van der Waals surface area contributed by atoms with Crippen molar-refractivity contribution < 1.29 is 35.5 Å². The van der Waals surface area contributed by atoms with Gasteiger partial charge in [-0.3, -0.25) is 0 Å². The average Bonchev–Trinajstić information content (AvgIpc) is 3.63. The van der Waals surface area contributed by atoms with Crippen molar-refractivity contribution in [2.45, 2.75) is 50.0 Å². The van der Waals surface area contributed by atoms with Gasteiger partial charge < -0.3 is 13.9 Å². The molecule has 4 bridgehead atoms. The predicted molar refractivity (Wildman–Crippen MR) is 149 cm³/mol. The van der Waals surface area contributed by atoms with E-state index in [0.717, 1.165) is 17.9 Å². The van der Waals surface area contributed by atoms with Crippen molar-refractivity contribution in [3.63, 3.8) is 0 Å². The molecule has 0 N–H and O–H groups in total. The van der Waals surface area contributed by atoms with Crippen molar-refractivity contribution in [2.24, 2.45) is 0 Å². The third-order valence-corrected chi connectivity index (χ3v) is 9.50. The molecule has 11 heteroatoms. The molecule has 4 aromatic rings. The molecule has 42 heavy (non-hydrogen) atoms. The topological polar surface area (TPSA) is 81.9 Å². The lowest BCUT2D eigenvalue weighted by atomic mass is 9.77. The normalized spacial score (nSPS) is 21.9. The van der Waals surface area contributed by atoms with E-state index in [1.54, 1.807) is 31.4 Å². The molecule has 1 fully saturated rings. The standard InChI is InChI=1S/C31H29F3N2O5S/c1-39-23-9-6-19(7-10-23)16-36(42(2,37)38)22-12-13-31(15-22)29(34)20-8-11-26(32)25(14-20)24-4-3-5-27(33)28(24)40-17-21-18-41-30(31)35-21/h3-11,14,18,22,29H,12-13,15-17H2,1-2H3/t22-,29?,31-/m0/s1. The van der Waals surface area contributed by atoms with Gasteiger partial charge in [-0.1, -0.05) is 30.3 Å². The van der Waals surface area contributed by atoms with Crippen LogP contribution in [0.1, 0.15) is 48.1 Å². The van der Waals surface area contributed by atoms with Crippen molar-refractivity contribution in [1.29, 1.82) is 0 Å². The van der Waals surface area contributed by atoms with Crippen molar-refractivity contribution in [2.75, 3.05) is 13.4 Å². The van der Waals surface area contributed by atoms with Crippen molar-refractivity contribution in [3.8, 4) is 22.6 Å². The third-order valence-electron chi connectivity index (χ3n) is 8.22. The smallest absolute Gasteiger partial charge is 0.211 e. The Labute approximate surface area is 241 Å². The van der Waals surface area contributed by atoms with Crippen LogP contribution >= 0.6 is 0 Å². The number of methoxy groups -OCH3 is 1. The molecule has 3 aromatic carbocycles. The van der Waals surface area contributed by atoms with E-state index in [2.05, 4.69) is 4.98 Å². The van der Waals surface area contributed by atoms with Crippen LogP contribution in [0.25, 0.3) is 11.1 Å². The van der Waals surface area contributed by atoms with Crippen LogP contribution in [-0.4, -0.2) is 37.1 Å². The van der Waals surface area contributed by atoms with Gasteiger partial charge in [0.05, 0.1) is 18.8 Å². The minimum atomic E-state index is -3.71. The van der Waals surface area contributed by atoms with Gasteiger partial charge in [0.15, 0.2) is 11.6 Å². The Morgan fingerprint density at radius 3 is 2.60 bits per heavy atom. The molecule has 1 spiro atoms. The zero-order valence-corrected chi connectivity index (χ0v) is 23.8. The van der Waals surface area contributed by atoms with Gasteiger partial charge in [0.25, 0.3) is 0 Å². The fourth-order valence-corrected chi connectivity index (χ4v) is 7.20. The molecule has 1 aliphatic carbocycles. The van der Waals surface area contributed by atoms with E-state index < -0.39 is 39.3 Å². The summed E-state index contributed by atoms with van der Waals surface area (Å²) >= 11 is 0. The van der Waals surface area contributed by atoms with Crippen LogP contribution in [0.3, 0.4) is 0 Å². The maximum Gasteiger partial charge on any atom is 0.211 e. The average molecular weight is 599 g/mol. The summed E-state index contributed by atoms with van der Waals surface area (Å²) in [6.07, 6.45) is 1.39. The van der Waals surface area contributed by atoms with E-state index in [1.165, 1.54) is 40.9 Å². The highest BCUT2D eigenvalue weighted by Crippen LogP contribution is 2.53. The van der Waals surface area contributed by atoms with Crippen molar-refractivity contribution in [1.82, 2.24) is 9.29 Å². The van der Waals surface area contributed by atoms with Crippen LogP contribution in [0.4, 0.5) is 13.2 Å². The Morgan fingerprint density at radius 1 is 1.07 bits per heavy atom. The summed E-state index contributed by atoms with van der Waals surface area (Å²) in [4.78, 5) is 4.54. The number of fused-ring (bicyclic) bond motifs is 7. The van der Waals surface area contributed by atoms with Crippen LogP contribution in [-0.2, 0) is 28.6 Å². The minimum Gasteiger partial charge on any atom is -0.497 e. The zero-order chi connectivity index (χ0) is 29.6. The molecular formula is C31H29F3N2O5S. The Morgan fingerprint density at radius 2 is 1.86 bits per heavy atom. The fraction of sp³-hybridized carbons (Fsp3) is 0.323. The van der Waals surface area contributed by atoms with Crippen LogP contribution in [0, 0.1) is 11.6 Å². The molecule has 0 amide bonds. The number of halogens is 3. The number of sulfonamides is 1. The van der Waals surface area contributed by atoms with E-state index >= 15 is 8.78 Å². The summed E-state index contributed by atoms with van der Waals surface area (Å²) in [5, 5.41) is 0. The van der Waals surface area contributed by atoms with Crippen LogP contribution in [0.15, 0.2) is 71.3 Å². The van der Waals surface area contributed by atoms with Gasteiger partial charge in [-0.05, 0) is 60.7 Å².